The van der Waals surface area contributed by atoms with Gasteiger partial charge in [0.1, 0.15) is 73.7 Å². The van der Waals surface area contributed by atoms with Crippen molar-refractivity contribution < 1.29 is 121 Å². The molecule has 29 heteroatoms. The molecule has 388 valence electrons. The maximum Gasteiger partial charge on any atom is 0.472 e. The number of rotatable bonds is 27. The molecule has 3 fully saturated rings. The largest absolute Gasteiger partial charge is 0.472 e. The van der Waals surface area contributed by atoms with Crippen LogP contribution in [0.3, 0.4) is 0 Å². The summed E-state index contributed by atoms with van der Waals surface area (Å²) < 4.78 is 66.4. The van der Waals surface area contributed by atoms with Gasteiger partial charge >= 0.3 is 19.8 Å². The number of nitrogens with one attached hydrogen (secondary N) is 3. The Hall–Kier alpha value is -3.10. The highest BCUT2D eigenvalue weighted by Gasteiger charge is 2.54. The minimum Gasteiger partial charge on any atom is -0.462 e. The number of phosphoric ester groups is 1. The quantitative estimate of drug-likeness (QED) is 0.0207. The number of unbranched alkanes of at least 4 members (excludes halogenated alkanes) is 1. The van der Waals surface area contributed by atoms with Crippen LogP contribution in [0.5, 0.6) is 0 Å². The summed E-state index contributed by atoms with van der Waals surface area (Å²) in [4.78, 5) is 68.9. The van der Waals surface area contributed by atoms with Crippen molar-refractivity contribution in [2.45, 2.75) is 158 Å². The third kappa shape index (κ3) is 19.0. The Morgan fingerprint density at radius 1 is 0.642 bits per heavy atom. The summed E-state index contributed by atoms with van der Waals surface area (Å²) >= 11 is 0. The predicted octanol–water partition coefficient (Wildman–Crippen LogP) is -5.57. The number of hydrogen-bond acceptors (Lipinski definition) is 24. The molecule has 0 aromatic carbocycles. The third-order valence-corrected chi connectivity index (χ3v) is 11.3. The summed E-state index contributed by atoms with van der Waals surface area (Å²) in [5, 5.41) is 91.7. The van der Waals surface area contributed by atoms with Crippen LogP contribution in [0.25, 0.3) is 0 Å². The number of ether oxygens (including phenoxy) is 8. The second-order valence-corrected chi connectivity index (χ2v) is 17.2. The van der Waals surface area contributed by atoms with Gasteiger partial charge in [-0.2, -0.15) is 0 Å². The molecule has 3 rings (SSSR count). The van der Waals surface area contributed by atoms with Crippen LogP contribution in [0.2, 0.25) is 0 Å². The lowest BCUT2D eigenvalue weighted by molar-refractivity contribution is -0.385. The lowest BCUT2D eigenvalue weighted by atomic mass is 9.95. The molecule has 3 heterocycles. The van der Waals surface area contributed by atoms with Gasteiger partial charge in [-0.1, -0.05) is 0 Å². The molecule has 0 bridgehead atoms. The number of hydrogen-bond donors (Lipinski definition) is 12. The molecule has 0 aromatic heterocycles. The highest BCUT2D eigenvalue weighted by molar-refractivity contribution is 7.47. The van der Waals surface area contributed by atoms with E-state index in [9.17, 15) is 74.3 Å². The first kappa shape index (κ1) is 58.2. The fourth-order valence-electron chi connectivity index (χ4n) is 6.87. The Bertz CT molecular complexity index is 1620. The van der Waals surface area contributed by atoms with Gasteiger partial charge in [0.2, 0.25) is 17.7 Å². The molecule has 67 heavy (non-hydrogen) atoms. The van der Waals surface area contributed by atoms with E-state index in [4.69, 9.17) is 46.9 Å². The summed E-state index contributed by atoms with van der Waals surface area (Å²) in [7, 11) is -4.63. The Labute approximate surface area is 385 Å². The highest BCUT2D eigenvalue weighted by atomic mass is 31.2. The first-order valence-corrected chi connectivity index (χ1v) is 23.0. The molecule has 0 aromatic rings. The predicted molar refractivity (Wildman–Crippen MR) is 218 cm³/mol. The van der Waals surface area contributed by atoms with E-state index in [1.54, 1.807) is 0 Å². The van der Waals surface area contributed by atoms with Gasteiger partial charge in [-0.3, -0.25) is 33.0 Å². The van der Waals surface area contributed by atoms with Crippen molar-refractivity contribution >= 4 is 37.5 Å². The van der Waals surface area contributed by atoms with Gasteiger partial charge in [0.05, 0.1) is 39.1 Å². The molecule has 17 atom stereocenters. The van der Waals surface area contributed by atoms with Crippen LogP contribution in [0, 0.1) is 0 Å². The molecule has 3 aliphatic heterocycles. The maximum absolute atomic E-state index is 12.5. The topological polar surface area (TPSA) is 413 Å². The number of phosphoric acid groups is 1. The second-order valence-electron chi connectivity index (χ2n) is 15.8. The summed E-state index contributed by atoms with van der Waals surface area (Å²) in [6.07, 6.45) is -22.9. The molecule has 13 unspecified atom stereocenters. The van der Waals surface area contributed by atoms with Crippen LogP contribution < -0.4 is 16.0 Å². The van der Waals surface area contributed by atoms with E-state index in [0.717, 1.165) is 20.8 Å². The van der Waals surface area contributed by atoms with Gasteiger partial charge in [0, 0.05) is 46.7 Å². The molecule has 28 nitrogen and oxygen atoms in total. The van der Waals surface area contributed by atoms with E-state index in [2.05, 4.69) is 16.0 Å². The SMILES string of the molecule is CC(=O)NC1C(OC2C(O)C(CO)OC(OCCCNC(=O)CCCCC(=O)NCCOP(=O)(O)OCC(COC(C)=O)OC(C)=O)[C@@H]2O[C@@H]2OC(C)[C@@H](O)[C@@H](O)C2O)OC(CO)C(O)C1O. The zero-order valence-electron chi connectivity index (χ0n) is 37.4. The van der Waals surface area contributed by atoms with E-state index >= 15 is 0 Å². The van der Waals surface area contributed by atoms with Crippen molar-refractivity contribution in [2.24, 2.45) is 0 Å². The minimum absolute atomic E-state index is 0.0141. The molecular formula is C38H66N3O25P. The first-order chi connectivity index (χ1) is 31.6. The van der Waals surface area contributed by atoms with Crippen molar-refractivity contribution in [2.75, 3.05) is 52.7 Å². The van der Waals surface area contributed by atoms with Gasteiger partial charge < -0.3 is 99.6 Å². The molecule has 3 amide bonds. The van der Waals surface area contributed by atoms with Gasteiger partial charge in [-0.25, -0.2) is 4.57 Å². The smallest absolute Gasteiger partial charge is 0.462 e. The summed E-state index contributed by atoms with van der Waals surface area (Å²) in [6.45, 7) is 1.36. The van der Waals surface area contributed by atoms with Crippen LogP contribution in [0.1, 0.15) is 59.8 Å². The van der Waals surface area contributed by atoms with Crippen LogP contribution >= 0.6 is 7.82 Å². The fourth-order valence-corrected chi connectivity index (χ4v) is 7.62. The van der Waals surface area contributed by atoms with Crippen molar-refractivity contribution in [1.82, 2.24) is 16.0 Å². The summed E-state index contributed by atoms with van der Waals surface area (Å²) in [5.74, 6) is -2.89. The first-order valence-electron chi connectivity index (χ1n) is 21.5. The number of aliphatic hydroxyl groups excluding tert-OH is 8. The lowest BCUT2D eigenvalue weighted by Gasteiger charge is -2.49. The number of esters is 2. The number of carbonyl (C=O) groups is 5. The van der Waals surface area contributed by atoms with Gasteiger partial charge in [-0.15, -0.1) is 0 Å². The van der Waals surface area contributed by atoms with Crippen LogP contribution in [-0.4, -0.2) is 226 Å². The monoisotopic (exact) mass is 995 g/mol. The Morgan fingerprint density at radius 2 is 1.24 bits per heavy atom. The molecule has 3 aliphatic rings. The number of aliphatic hydroxyl groups is 8. The van der Waals surface area contributed by atoms with Crippen LogP contribution in [0.4, 0.5) is 0 Å². The van der Waals surface area contributed by atoms with E-state index in [-0.39, 0.29) is 44.9 Å². The van der Waals surface area contributed by atoms with E-state index < -0.39 is 163 Å². The maximum atomic E-state index is 12.5. The summed E-state index contributed by atoms with van der Waals surface area (Å²) in [6, 6.07) is -1.49. The van der Waals surface area contributed by atoms with E-state index in [1.165, 1.54) is 6.92 Å². The lowest BCUT2D eigenvalue weighted by Crippen LogP contribution is -2.68. The standard InChI is InChI=1S/C38H66N3O25P/c1-18-28(49)32(53)33(54)37(61-18)66-35-34(65-36-27(41-19(2)44)31(52)29(50)23(14-42)63-36)30(51)24(15-43)64-38(35)57-12-7-10-39-25(47)8-5-6-9-26(48)40-11-13-59-67(55,56)60-17-22(62-21(4)46)16-58-20(3)45/h18,22-24,27-38,42-43,49-54H,5-17H2,1-4H3,(H,39,47)(H,40,48)(H,41,44)(H,55,56)/t18?,22?,23?,24?,27?,28-,29?,30?,31?,32-,33?,34?,35-,36?,37+,38?/m1/s1. The second kappa shape index (κ2) is 28.5. The molecule has 0 spiro atoms. The number of carbonyl (C=O) groups excluding carboxylic acids is 5. The van der Waals surface area contributed by atoms with Crippen LogP contribution in [0.15, 0.2) is 0 Å². The molecule has 0 saturated carbocycles. The molecule has 12 N–H and O–H groups in total. The third-order valence-electron chi connectivity index (χ3n) is 10.3. The number of amides is 3. The fraction of sp³-hybridized carbons (Fsp3) is 0.868. The Kier molecular flexibility index (Phi) is 24.8. The zero-order valence-corrected chi connectivity index (χ0v) is 38.3. The van der Waals surface area contributed by atoms with Crippen LogP contribution in [-0.2, 0) is 75.5 Å². The van der Waals surface area contributed by atoms with Crippen molar-refractivity contribution in [3.8, 4) is 0 Å². The normalized spacial score (nSPS) is 33.4. The zero-order chi connectivity index (χ0) is 50.0. The molecular weight excluding hydrogens is 929 g/mol. The van der Waals surface area contributed by atoms with Gasteiger partial charge in [0.25, 0.3) is 0 Å². The van der Waals surface area contributed by atoms with Gasteiger partial charge in [-0.05, 0) is 26.2 Å². The Morgan fingerprint density at radius 3 is 1.84 bits per heavy atom. The van der Waals surface area contributed by atoms with Crippen molar-refractivity contribution in [1.29, 1.82) is 0 Å². The summed E-state index contributed by atoms with van der Waals surface area (Å²) in [5.41, 5.74) is 0. The minimum atomic E-state index is -4.63. The Balaban J connectivity index is 1.51. The van der Waals surface area contributed by atoms with E-state index in [0.29, 0.717) is 12.8 Å². The van der Waals surface area contributed by atoms with Crippen molar-refractivity contribution in [3.05, 3.63) is 0 Å². The van der Waals surface area contributed by atoms with E-state index in [1.807, 2.05) is 0 Å². The average Bonchev–Trinajstić information content (AvgIpc) is 3.26. The van der Waals surface area contributed by atoms with Crippen molar-refractivity contribution in [3.63, 3.8) is 0 Å². The molecule has 0 aliphatic carbocycles. The molecule has 3 saturated heterocycles. The highest BCUT2D eigenvalue weighted by Crippen LogP contribution is 2.43. The molecule has 0 radical (unpaired) electrons. The van der Waals surface area contributed by atoms with Gasteiger partial charge in [0.15, 0.2) is 25.0 Å². The average molecular weight is 996 g/mol.